The molecule has 22 heavy (non-hydrogen) atoms. The zero-order chi connectivity index (χ0) is 15.4. The number of pyridine rings is 1. The number of rotatable bonds is 5. The molecule has 2 atom stereocenters. The number of sulfone groups is 1. The first-order valence-electron chi connectivity index (χ1n) is 7.86. The van der Waals surface area contributed by atoms with Gasteiger partial charge in [0.1, 0.15) is 11.9 Å². The highest BCUT2D eigenvalue weighted by molar-refractivity contribution is 7.91. The molecule has 0 aromatic carbocycles. The molecule has 1 aromatic heterocycles. The average Bonchev–Trinajstić information content (AvgIpc) is 2.98. The number of ether oxygens (including phenoxy) is 1. The Balaban J connectivity index is 1.60. The van der Waals surface area contributed by atoms with Crippen LogP contribution in [0.1, 0.15) is 24.8 Å². The summed E-state index contributed by atoms with van der Waals surface area (Å²) in [6, 6.07) is 1.97. The molecule has 2 fully saturated rings. The van der Waals surface area contributed by atoms with E-state index in [2.05, 4.69) is 15.6 Å². The second-order valence-electron chi connectivity index (χ2n) is 6.05. The van der Waals surface area contributed by atoms with Crippen LogP contribution in [-0.2, 0) is 16.4 Å². The van der Waals surface area contributed by atoms with Crippen molar-refractivity contribution in [3.05, 3.63) is 24.0 Å². The first-order valence-corrected chi connectivity index (χ1v) is 9.68. The van der Waals surface area contributed by atoms with Gasteiger partial charge in [-0.25, -0.2) is 8.42 Å². The van der Waals surface area contributed by atoms with E-state index in [-0.39, 0.29) is 17.9 Å². The van der Waals surface area contributed by atoms with Crippen LogP contribution in [0.25, 0.3) is 0 Å². The minimum Gasteiger partial charge on any atom is -0.487 e. The summed E-state index contributed by atoms with van der Waals surface area (Å²) < 4.78 is 29.4. The zero-order valence-electron chi connectivity index (χ0n) is 12.6. The SMILES string of the molecule is O=S1(=O)CCCC(NCc2ccncc2O[C@H]2CCNC2)C1. The highest BCUT2D eigenvalue weighted by atomic mass is 32.2. The van der Waals surface area contributed by atoms with Gasteiger partial charge in [-0.1, -0.05) is 0 Å². The van der Waals surface area contributed by atoms with Crippen LogP contribution in [0.2, 0.25) is 0 Å². The molecule has 122 valence electrons. The van der Waals surface area contributed by atoms with Gasteiger partial charge in [-0.05, 0) is 31.9 Å². The number of hydrogen-bond donors (Lipinski definition) is 2. The van der Waals surface area contributed by atoms with Crippen LogP contribution in [-0.4, -0.2) is 50.1 Å². The van der Waals surface area contributed by atoms with Crippen molar-refractivity contribution in [2.75, 3.05) is 24.6 Å². The lowest BCUT2D eigenvalue weighted by molar-refractivity contribution is 0.219. The van der Waals surface area contributed by atoms with Crippen LogP contribution >= 0.6 is 0 Å². The molecule has 3 rings (SSSR count). The summed E-state index contributed by atoms with van der Waals surface area (Å²) in [7, 11) is -2.88. The van der Waals surface area contributed by atoms with Gasteiger partial charge in [0, 0.05) is 30.9 Å². The fourth-order valence-corrected chi connectivity index (χ4v) is 4.68. The third-order valence-corrected chi connectivity index (χ3v) is 6.04. The van der Waals surface area contributed by atoms with Gasteiger partial charge in [0.25, 0.3) is 0 Å². The molecule has 0 bridgehead atoms. The molecule has 1 aromatic rings. The summed E-state index contributed by atoms with van der Waals surface area (Å²) in [5, 5.41) is 6.63. The van der Waals surface area contributed by atoms with Gasteiger partial charge in [0.05, 0.1) is 17.7 Å². The topological polar surface area (TPSA) is 80.3 Å². The van der Waals surface area contributed by atoms with Crippen molar-refractivity contribution >= 4 is 9.84 Å². The van der Waals surface area contributed by atoms with Gasteiger partial charge < -0.3 is 15.4 Å². The monoisotopic (exact) mass is 325 g/mol. The molecule has 0 radical (unpaired) electrons. The molecule has 0 spiro atoms. The number of aromatic nitrogens is 1. The van der Waals surface area contributed by atoms with E-state index in [0.717, 1.165) is 43.7 Å². The highest BCUT2D eigenvalue weighted by Gasteiger charge is 2.24. The summed E-state index contributed by atoms with van der Waals surface area (Å²) in [6.45, 7) is 2.46. The molecule has 0 amide bonds. The number of hydrogen-bond acceptors (Lipinski definition) is 6. The van der Waals surface area contributed by atoms with Crippen LogP contribution in [0, 0.1) is 0 Å². The van der Waals surface area contributed by atoms with Crippen molar-refractivity contribution in [3.8, 4) is 5.75 Å². The first kappa shape index (κ1) is 15.7. The molecule has 2 aliphatic rings. The third kappa shape index (κ3) is 4.18. The average molecular weight is 325 g/mol. The molecular formula is C15H23N3O3S. The Morgan fingerprint density at radius 1 is 1.41 bits per heavy atom. The lowest BCUT2D eigenvalue weighted by Crippen LogP contribution is -2.39. The number of nitrogens with zero attached hydrogens (tertiary/aromatic N) is 1. The van der Waals surface area contributed by atoms with Crippen LogP contribution in [0.3, 0.4) is 0 Å². The Labute approximate surface area is 131 Å². The van der Waals surface area contributed by atoms with Crippen molar-refractivity contribution in [1.29, 1.82) is 0 Å². The smallest absolute Gasteiger partial charge is 0.151 e. The van der Waals surface area contributed by atoms with Gasteiger partial charge in [0.2, 0.25) is 0 Å². The minimum absolute atomic E-state index is 0.0351. The van der Waals surface area contributed by atoms with Crippen molar-refractivity contribution in [3.63, 3.8) is 0 Å². The van der Waals surface area contributed by atoms with Gasteiger partial charge in [-0.15, -0.1) is 0 Å². The van der Waals surface area contributed by atoms with Crippen LogP contribution in [0.4, 0.5) is 0 Å². The molecule has 0 saturated carbocycles. The maximum absolute atomic E-state index is 11.7. The zero-order valence-corrected chi connectivity index (χ0v) is 13.4. The van der Waals surface area contributed by atoms with E-state index < -0.39 is 9.84 Å². The van der Waals surface area contributed by atoms with Crippen LogP contribution in [0.15, 0.2) is 18.5 Å². The molecule has 1 unspecified atom stereocenters. The molecule has 2 N–H and O–H groups in total. The summed E-state index contributed by atoms with van der Waals surface area (Å²) in [5.74, 6) is 1.35. The maximum atomic E-state index is 11.7. The third-order valence-electron chi connectivity index (χ3n) is 4.22. The second-order valence-corrected chi connectivity index (χ2v) is 8.28. The summed E-state index contributed by atoms with van der Waals surface area (Å²) in [4.78, 5) is 4.14. The summed E-state index contributed by atoms with van der Waals surface area (Å²) in [5.41, 5.74) is 1.03. The molecular weight excluding hydrogens is 302 g/mol. The minimum atomic E-state index is -2.88. The van der Waals surface area contributed by atoms with Crippen molar-refractivity contribution in [2.24, 2.45) is 0 Å². The van der Waals surface area contributed by atoms with Gasteiger partial charge in [-0.3, -0.25) is 4.98 Å². The Kier molecular flexibility index (Phi) is 4.95. The second kappa shape index (κ2) is 6.93. The lowest BCUT2D eigenvalue weighted by atomic mass is 10.1. The standard InChI is InChI=1S/C15H23N3O3S/c19-22(20)7-1-2-13(11-22)18-8-12-3-5-17-10-15(12)21-14-4-6-16-9-14/h3,5,10,13-14,16,18H,1-2,4,6-9,11H2/t13?,14-/m0/s1. The van der Waals surface area contributed by atoms with E-state index in [4.69, 9.17) is 4.74 Å². The lowest BCUT2D eigenvalue weighted by Gasteiger charge is -2.24. The molecule has 2 aliphatic heterocycles. The van der Waals surface area contributed by atoms with Crippen molar-refractivity contribution in [2.45, 2.75) is 38.0 Å². The molecule has 3 heterocycles. The number of nitrogens with one attached hydrogen (secondary N) is 2. The molecule has 0 aliphatic carbocycles. The van der Waals surface area contributed by atoms with Gasteiger partial charge in [-0.2, -0.15) is 0 Å². The predicted octanol–water partition coefficient (Wildman–Crippen LogP) is 0.489. The van der Waals surface area contributed by atoms with E-state index in [1.54, 1.807) is 12.4 Å². The Hall–Kier alpha value is -1.18. The van der Waals surface area contributed by atoms with E-state index in [1.165, 1.54) is 0 Å². The van der Waals surface area contributed by atoms with Crippen LogP contribution < -0.4 is 15.4 Å². The normalized spacial score (nSPS) is 27.6. The Bertz CT molecular complexity index is 600. The van der Waals surface area contributed by atoms with E-state index in [1.807, 2.05) is 6.07 Å². The Morgan fingerprint density at radius 2 is 2.32 bits per heavy atom. The van der Waals surface area contributed by atoms with Crippen molar-refractivity contribution < 1.29 is 13.2 Å². The first-order chi connectivity index (χ1) is 10.6. The Morgan fingerprint density at radius 3 is 3.09 bits per heavy atom. The molecule has 7 heteroatoms. The van der Waals surface area contributed by atoms with Crippen LogP contribution in [0.5, 0.6) is 5.75 Å². The fraction of sp³-hybridized carbons (Fsp3) is 0.667. The highest BCUT2D eigenvalue weighted by Crippen LogP contribution is 2.20. The molecule has 2 saturated heterocycles. The predicted molar refractivity (Wildman–Crippen MR) is 84.7 cm³/mol. The molecule has 6 nitrogen and oxygen atoms in total. The summed E-state index contributed by atoms with van der Waals surface area (Å²) in [6.07, 6.45) is 6.34. The maximum Gasteiger partial charge on any atom is 0.151 e. The van der Waals surface area contributed by atoms with E-state index in [9.17, 15) is 8.42 Å². The van der Waals surface area contributed by atoms with Crippen molar-refractivity contribution in [1.82, 2.24) is 15.6 Å². The quantitative estimate of drug-likeness (QED) is 0.820. The van der Waals surface area contributed by atoms with Gasteiger partial charge in [0.15, 0.2) is 9.84 Å². The largest absolute Gasteiger partial charge is 0.487 e. The summed E-state index contributed by atoms with van der Waals surface area (Å²) >= 11 is 0. The fourth-order valence-electron chi connectivity index (χ4n) is 3.01. The van der Waals surface area contributed by atoms with E-state index >= 15 is 0 Å². The van der Waals surface area contributed by atoms with E-state index in [0.29, 0.717) is 12.3 Å². The van der Waals surface area contributed by atoms with Gasteiger partial charge >= 0.3 is 0 Å².